The Morgan fingerprint density at radius 1 is 1.18 bits per heavy atom. The molecule has 4 heterocycles. The van der Waals surface area contributed by atoms with Crippen molar-refractivity contribution in [2.24, 2.45) is 0 Å². The first-order valence-electron chi connectivity index (χ1n) is 9.64. The summed E-state index contributed by atoms with van der Waals surface area (Å²) in [6.07, 6.45) is -2.36. The van der Waals surface area contributed by atoms with E-state index < -0.39 is 25.0 Å². The van der Waals surface area contributed by atoms with Gasteiger partial charge < -0.3 is 24.2 Å². The number of pyridine rings is 1. The van der Waals surface area contributed by atoms with Crippen molar-refractivity contribution in [1.82, 2.24) is 29.1 Å². The maximum absolute atomic E-state index is 13.1. The Kier molecular flexibility index (Phi) is 6.18. The monoisotopic (exact) mass is 482 g/mol. The summed E-state index contributed by atoms with van der Waals surface area (Å²) in [5.74, 6) is 0.602. The number of hydrogen-bond acceptors (Lipinski definition) is 8. The summed E-state index contributed by atoms with van der Waals surface area (Å²) >= 11 is 1.27. The van der Waals surface area contributed by atoms with Gasteiger partial charge in [-0.1, -0.05) is 0 Å². The maximum Gasteiger partial charge on any atom is 0.407 e. The Labute approximate surface area is 189 Å². The molecule has 4 aromatic rings. The number of carboxylic acid groups (broad SMARTS) is 1. The molecule has 33 heavy (non-hydrogen) atoms. The lowest BCUT2D eigenvalue weighted by atomic mass is 10.2. The Bertz CT molecular complexity index is 1260. The molecule has 0 aliphatic carbocycles. The summed E-state index contributed by atoms with van der Waals surface area (Å²) in [7, 11) is 4.26. The first-order valence-corrected chi connectivity index (χ1v) is 10.5. The van der Waals surface area contributed by atoms with Crippen LogP contribution >= 0.6 is 11.3 Å². The highest BCUT2D eigenvalue weighted by Gasteiger charge is 2.23. The van der Waals surface area contributed by atoms with Crippen LogP contribution in [0, 0.1) is 0 Å². The molecule has 0 radical (unpaired) electrons. The zero-order valence-electron chi connectivity index (χ0n) is 17.8. The third-order valence-electron chi connectivity index (χ3n) is 4.75. The number of carbonyl (C=O) groups is 1. The van der Waals surface area contributed by atoms with Crippen LogP contribution < -0.4 is 14.2 Å². The summed E-state index contributed by atoms with van der Waals surface area (Å²) in [6.45, 7) is -0.241. The average Bonchev–Trinajstić information content (AvgIpc) is 3.45. The molecule has 1 atom stereocenters. The average molecular weight is 482 g/mol. The van der Waals surface area contributed by atoms with E-state index in [-0.39, 0.29) is 12.3 Å². The number of nitrogens with zero attached hydrogens (tertiary/aromatic N) is 6. The molecule has 1 N–H and O–H groups in total. The van der Waals surface area contributed by atoms with Gasteiger partial charge in [-0.2, -0.15) is 5.10 Å². The van der Waals surface area contributed by atoms with Gasteiger partial charge in [-0.15, -0.1) is 5.10 Å². The fourth-order valence-electron chi connectivity index (χ4n) is 3.18. The van der Waals surface area contributed by atoms with Crippen molar-refractivity contribution < 1.29 is 32.9 Å². The zero-order valence-corrected chi connectivity index (χ0v) is 18.6. The number of likely N-dealkylation sites (N-methyl/N-ethyl adjacent to an activating group) is 1. The Hall–Kier alpha value is -3.68. The number of fused-ring (bicyclic) bond motifs is 2. The number of aromatic nitrogens is 5. The maximum atomic E-state index is 13.1. The number of methoxy groups -OCH3 is 2. The number of hydrogen-bond donors (Lipinski definition) is 1. The van der Waals surface area contributed by atoms with Gasteiger partial charge in [-0.3, -0.25) is 0 Å². The van der Waals surface area contributed by atoms with Gasteiger partial charge in [0.1, 0.15) is 34.5 Å². The lowest BCUT2D eigenvalue weighted by Gasteiger charge is -2.23. The Morgan fingerprint density at radius 2 is 1.97 bits per heavy atom. The van der Waals surface area contributed by atoms with E-state index in [0.717, 1.165) is 4.90 Å². The molecule has 4 rings (SSSR count). The predicted octanol–water partition coefficient (Wildman–Crippen LogP) is 3.14. The van der Waals surface area contributed by atoms with Gasteiger partial charge in [0.05, 0.1) is 33.2 Å². The van der Waals surface area contributed by atoms with Crippen LogP contribution in [0.15, 0.2) is 24.5 Å². The Morgan fingerprint density at radius 3 is 2.61 bits per heavy atom. The molecule has 0 bridgehead atoms. The number of halogens is 2. The summed E-state index contributed by atoms with van der Waals surface area (Å²) < 4.78 is 45.6. The molecule has 1 unspecified atom stereocenters. The van der Waals surface area contributed by atoms with Gasteiger partial charge in [0, 0.05) is 19.5 Å². The fourth-order valence-corrected chi connectivity index (χ4v) is 3.88. The van der Waals surface area contributed by atoms with E-state index >= 15 is 0 Å². The molecule has 0 saturated carbocycles. The first-order chi connectivity index (χ1) is 15.8. The van der Waals surface area contributed by atoms with E-state index in [1.165, 1.54) is 43.2 Å². The molecule has 0 saturated heterocycles. The van der Waals surface area contributed by atoms with Crippen molar-refractivity contribution in [1.29, 1.82) is 0 Å². The number of imidazole rings is 1. The summed E-state index contributed by atoms with van der Waals surface area (Å²) in [5, 5.41) is 18.3. The van der Waals surface area contributed by atoms with Crippen molar-refractivity contribution in [3.05, 3.63) is 24.5 Å². The van der Waals surface area contributed by atoms with Crippen LogP contribution in [0.2, 0.25) is 0 Å². The molecule has 1 amide bonds. The van der Waals surface area contributed by atoms with Crippen LogP contribution in [0.5, 0.6) is 16.7 Å². The Balaban J connectivity index is 1.70. The molecule has 0 aliphatic heterocycles. The molecule has 4 aromatic heterocycles. The van der Waals surface area contributed by atoms with E-state index in [1.807, 2.05) is 0 Å². The van der Waals surface area contributed by atoms with Crippen molar-refractivity contribution in [2.45, 2.75) is 19.0 Å². The van der Waals surface area contributed by atoms with Crippen LogP contribution in [-0.4, -0.2) is 80.7 Å². The van der Waals surface area contributed by atoms with Gasteiger partial charge in [-0.25, -0.2) is 27.6 Å². The van der Waals surface area contributed by atoms with Crippen LogP contribution in [0.3, 0.4) is 0 Å². The van der Waals surface area contributed by atoms with Crippen molar-refractivity contribution in [2.75, 3.05) is 27.8 Å². The number of ether oxygens (including phenoxy) is 3. The number of rotatable bonds is 9. The SMILES string of the molecule is COc1cc(OC(CC(F)F)CN(C)C(=O)O)c2cc(-c3cn4nc(OC)sc4n3)nn2c1. The quantitative estimate of drug-likeness (QED) is 0.387. The predicted molar refractivity (Wildman–Crippen MR) is 114 cm³/mol. The van der Waals surface area contributed by atoms with Gasteiger partial charge in [0.25, 0.3) is 5.19 Å². The van der Waals surface area contributed by atoms with Gasteiger partial charge in [0.15, 0.2) is 0 Å². The smallest absolute Gasteiger partial charge is 0.407 e. The summed E-state index contributed by atoms with van der Waals surface area (Å²) in [4.78, 5) is 17.2. The second kappa shape index (κ2) is 9.05. The highest BCUT2D eigenvalue weighted by molar-refractivity contribution is 7.18. The molecule has 11 nitrogen and oxygen atoms in total. The topological polar surface area (TPSA) is 116 Å². The van der Waals surface area contributed by atoms with E-state index in [0.29, 0.717) is 32.8 Å². The summed E-state index contributed by atoms with van der Waals surface area (Å²) in [6, 6.07) is 3.23. The zero-order chi connectivity index (χ0) is 23.7. The lowest BCUT2D eigenvalue weighted by molar-refractivity contribution is 0.0565. The molecule has 0 aliphatic rings. The molecular formula is C19H20F2N6O5S. The van der Waals surface area contributed by atoms with E-state index in [9.17, 15) is 13.6 Å². The van der Waals surface area contributed by atoms with Crippen LogP contribution in [0.25, 0.3) is 21.9 Å². The normalized spacial score (nSPS) is 12.4. The molecule has 0 spiro atoms. The van der Waals surface area contributed by atoms with Crippen molar-refractivity contribution >= 4 is 27.9 Å². The molecule has 14 heteroatoms. The third kappa shape index (κ3) is 4.74. The minimum atomic E-state index is -2.68. The van der Waals surface area contributed by atoms with Gasteiger partial charge >= 0.3 is 6.09 Å². The molecule has 0 aromatic carbocycles. The van der Waals surface area contributed by atoms with E-state index in [1.54, 1.807) is 23.0 Å². The minimum Gasteiger partial charge on any atom is -0.495 e. The van der Waals surface area contributed by atoms with Crippen molar-refractivity contribution in [3.8, 4) is 28.1 Å². The van der Waals surface area contributed by atoms with E-state index in [4.69, 9.17) is 19.3 Å². The van der Waals surface area contributed by atoms with Crippen molar-refractivity contribution in [3.63, 3.8) is 0 Å². The minimum absolute atomic E-state index is 0.221. The van der Waals surface area contributed by atoms with Crippen LogP contribution in [0.1, 0.15) is 6.42 Å². The summed E-state index contributed by atoms with van der Waals surface area (Å²) in [5.41, 5.74) is 1.52. The molecular weight excluding hydrogens is 462 g/mol. The second-order valence-corrected chi connectivity index (χ2v) is 7.98. The third-order valence-corrected chi connectivity index (χ3v) is 5.63. The first kappa shape index (κ1) is 22.5. The largest absolute Gasteiger partial charge is 0.495 e. The standard InChI is InChI=1S/C19H20F2N6O5S/c1-25(19(28)29)7-11(5-16(20)21)32-15-4-10(30-2)8-26-14(15)6-12(23-26)13-9-27-17(22-13)33-18(24-27)31-3/h4,6,8-9,11,16H,5,7H2,1-3H3,(H,28,29). The van der Waals surface area contributed by atoms with E-state index in [2.05, 4.69) is 15.2 Å². The molecule has 176 valence electrons. The number of amides is 1. The van der Waals surface area contributed by atoms with Crippen LogP contribution in [-0.2, 0) is 0 Å². The van der Waals surface area contributed by atoms with Gasteiger partial charge in [0.2, 0.25) is 11.4 Å². The molecule has 0 fully saturated rings. The second-order valence-electron chi connectivity index (χ2n) is 7.06. The van der Waals surface area contributed by atoms with Crippen LogP contribution in [0.4, 0.5) is 13.6 Å². The highest BCUT2D eigenvalue weighted by atomic mass is 32.1. The lowest BCUT2D eigenvalue weighted by Crippen LogP contribution is -2.37. The number of alkyl halides is 2. The fraction of sp³-hybridized carbons (Fsp3) is 0.368. The van der Waals surface area contributed by atoms with Gasteiger partial charge in [-0.05, 0) is 17.4 Å². The highest BCUT2D eigenvalue weighted by Crippen LogP contribution is 2.32.